The number of aromatic nitrogens is 2. The van der Waals surface area contributed by atoms with Gasteiger partial charge >= 0.3 is 5.97 Å². The molecule has 0 aliphatic heterocycles. The fraction of sp³-hybridized carbons (Fsp3) is 0.500. The minimum atomic E-state index is -1.43. The zero-order valence-electron chi connectivity index (χ0n) is 24.5. The number of hydrogen-bond donors (Lipinski definition) is 1. The number of pyridine rings is 1. The first-order valence-corrected chi connectivity index (χ1v) is 16.2. The molecule has 0 bridgehead atoms. The van der Waals surface area contributed by atoms with Crippen LogP contribution in [0.15, 0.2) is 70.0 Å². The second-order valence-electron chi connectivity index (χ2n) is 13.2. The minimum absolute atomic E-state index is 0.00908. The molecule has 3 aromatic rings. The summed E-state index contributed by atoms with van der Waals surface area (Å²) in [5.74, 6) is -0.434. The summed E-state index contributed by atoms with van der Waals surface area (Å²) in [7, 11) is 0. The van der Waals surface area contributed by atoms with Gasteiger partial charge in [-0.15, -0.1) is 0 Å². The van der Waals surface area contributed by atoms with Crippen molar-refractivity contribution >= 4 is 40.4 Å². The second kappa shape index (κ2) is 10.4. The number of rotatable bonds is 6. The number of ketones is 2. The number of hydrogen-bond acceptors (Lipinski definition) is 9. The van der Waals surface area contributed by atoms with Gasteiger partial charge in [0.25, 0.3) is 5.22 Å². The highest BCUT2D eigenvalue weighted by Crippen LogP contribution is 2.68. The molecule has 3 saturated carbocycles. The van der Waals surface area contributed by atoms with Crippen LogP contribution in [-0.4, -0.2) is 50.1 Å². The molecule has 0 spiro atoms. The Morgan fingerprint density at radius 1 is 1.09 bits per heavy atom. The van der Waals surface area contributed by atoms with Crippen LogP contribution in [-0.2, 0) is 14.3 Å². The summed E-state index contributed by atoms with van der Waals surface area (Å²) in [5.41, 5.74) is 0.202. The maximum atomic E-state index is 14.5. The van der Waals surface area contributed by atoms with Crippen LogP contribution in [0.5, 0.6) is 0 Å². The molecule has 9 heteroatoms. The van der Waals surface area contributed by atoms with Gasteiger partial charge in [0.1, 0.15) is 11.2 Å². The molecule has 0 amide bonds. The van der Waals surface area contributed by atoms with E-state index in [0.717, 1.165) is 24.8 Å². The van der Waals surface area contributed by atoms with Gasteiger partial charge in [0.05, 0.1) is 11.9 Å². The molecule has 4 aliphatic carbocycles. The molecular weight excluding hydrogens is 564 g/mol. The van der Waals surface area contributed by atoms with E-state index >= 15 is 0 Å². The monoisotopic (exact) mass is 600 g/mol. The quantitative estimate of drug-likeness (QED) is 0.269. The summed E-state index contributed by atoms with van der Waals surface area (Å²) in [6, 6.07) is 12.5. The molecule has 3 fully saturated rings. The van der Waals surface area contributed by atoms with Crippen molar-refractivity contribution in [3.05, 3.63) is 66.0 Å². The lowest BCUT2D eigenvalue weighted by molar-refractivity contribution is -0.180. The first-order chi connectivity index (χ1) is 20.6. The standard InChI is InChI=1S/C34H36N2O6S/c1-32-14-12-21(37)17-20(32)10-11-22-23-13-15-34(33(23,2)18-26(38)29(22)32,42-30(40)25-8-5-6-16-35-25)28(39)19-43-31-36-24-7-3-4-9-27(24)41-31/h3-9,16-17,22-23,26,29,38H,10-15,18-19H2,1-2H3/t22?,23?,26-,29?,32?,33?,34-/m0/s1. The molecule has 7 atom stereocenters. The van der Waals surface area contributed by atoms with Crippen molar-refractivity contribution in [1.29, 1.82) is 0 Å². The number of carbonyl (C=O) groups excluding carboxylic acids is 3. The largest absolute Gasteiger partial charge is 0.446 e. The topological polar surface area (TPSA) is 120 Å². The molecule has 2 aromatic heterocycles. The summed E-state index contributed by atoms with van der Waals surface area (Å²) in [6.45, 7) is 4.25. The number of aliphatic hydroxyl groups excluding tert-OH is 1. The molecule has 5 unspecified atom stereocenters. The normalized spacial score (nSPS) is 35.0. The number of carbonyl (C=O) groups is 3. The van der Waals surface area contributed by atoms with Crippen molar-refractivity contribution in [1.82, 2.24) is 9.97 Å². The highest BCUT2D eigenvalue weighted by molar-refractivity contribution is 7.99. The van der Waals surface area contributed by atoms with Gasteiger partial charge < -0.3 is 14.3 Å². The number of allylic oxidation sites excluding steroid dienone is 1. The van der Waals surface area contributed by atoms with Gasteiger partial charge in [-0.2, -0.15) is 0 Å². The van der Waals surface area contributed by atoms with E-state index in [0.29, 0.717) is 42.0 Å². The van der Waals surface area contributed by atoms with E-state index in [1.54, 1.807) is 18.2 Å². The van der Waals surface area contributed by atoms with E-state index in [9.17, 15) is 19.5 Å². The maximum Gasteiger partial charge on any atom is 0.357 e. The molecule has 1 aromatic carbocycles. The molecule has 7 rings (SSSR count). The molecule has 0 saturated heterocycles. The summed E-state index contributed by atoms with van der Waals surface area (Å²) in [5, 5.41) is 12.3. The van der Waals surface area contributed by atoms with Gasteiger partial charge in [-0.25, -0.2) is 14.8 Å². The Labute approximate surface area is 254 Å². The summed E-state index contributed by atoms with van der Waals surface area (Å²) in [4.78, 5) is 49.0. The Kier molecular flexibility index (Phi) is 6.89. The van der Waals surface area contributed by atoms with Crippen LogP contribution in [0.4, 0.5) is 0 Å². The third-order valence-corrected chi connectivity index (χ3v) is 12.0. The average molecular weight is 601 g/mol. The zero-order valence-corrected chi connectivity index (χ0v) is 25.3. The lowest BCUT2D eigenvalue weighted by atomic mass is 9.45. The number of benzene rings is 1. The number of oxazole rings is 1. The van der Waals surface area contributed by atoms with E-state index in [1.807, 2.05) is 37.3 Å². The lowest BCUT2D eigenvalue weighted by Crippen LogP contribution is -2.63. The average Bonchev–Trinajstić information content (AvgIpc) is 3.55. The first kappa shape index (κ1) is 28.5. The highest BCUT2D eigenvalue weighted by atomic mass is 32.2. The van der Waals surface area contributed by atoms with Crippen molar-refractivity contribution in [2.24, 2.45) is 28.6 Å². The molecule has 43 heavy (non-hydrogen) atoms. The van der Waals surface area contributed by atoms with Crippen LogP contribution in [0.1, 0.15) is 69.3 Å². The van der Waals surface area contributed by atoms with E-state index in [4.69, 9.17) is 9.15 Å². The molecular formula is C34H36N2O6S. The predicted molar refractivity (Wildman–Crippen MR) is 160 cm³/mol. The Morgan fingerprint density at radius 3 is 2.70 bits per heavy atom. The van der Waals surface area contributed by atoms with Crippen molar-refractivity contribution in [2.75, 3.05) is 5.75 Å². The van der Waals surface area contributed by atoms with Crippen molar-refractivity contribution in [3.63, 3.8) is 0 Å². The van der Waals surface area contributed by atoms with E-state index in [2.05, 4.69) is 16.9 Å². The van der Waals surface area contributed by atoms with Crippen molar-refractivity contribution < 1.29 is 28.6 Å². The van der Waals surface area contributed by atoms with Crippen molar-refractivity contribution in [3.8, 4) is 0 Å². The minimum Gasteiger partial charge on any atom is -0.446 e. The lowest BCUT2D eigenvalue weighted by Gasteiger charge is -2.60. The van der Waals surface area contributed by atoms with Crippen LogP contribution in [0.2, 0.25) is 0 Å². The third kappa shape index (κ3) is 4.41. The summed E-state index contributed by atoms with van der Waals surface area (Å²) in [6.07, 6.45) is 6.97. The van der Waals surface area contributed by atoms with Gasteiger partial charge in [-0.1, -0.05) is 49.4 Å². The smallest absolute Gasteiger partial charge is 0.357 e. The predicted octanol–water partition coefficient (Wildman–Crippen LogP) is 5.98. The van der Waals surface area contributed by atoms with Crippen molar-refractivity contribution in [2.45, 2.75) is 75.7 Å². The maximum absolute atomic E-state index is 14.5. The number of nitrogens with zero attached hydrogens (tertiary/aromatic N) is 2. The number of ether oxygens (including phenoxy) is 1. The van der Waals surface area contributed by atoms with Crippen LogP contribution in [0.25, 0.3) is 11.1 Å². The molecule has 8 nitrogen and oxygen atoms in total. The number of thioether (sulfide) groups is 1. The number of para-hydroxylation sites is 2. The Morgan fingerprint density at radius 2 is 1.91 bits per heavy atom. The fourth-order valence-corrected chi connectivity index (χ4v) is 10.0. The van der Waals surface area contributed by atoms with Gasteiger partial charge in [-0.3, -0.25) is 9.59 Å². The molecule has 4 aliphatic rings. The Balaban J connectivity index is 1.23. The third-order valence-electron chi connectivity index (χ3n) is 11.2. The number of Topliss-reactive ketones (excluding diaryl/α,β-unsaturated/α-hetero) is 1. The summed E-state index contributed by atoms with van der Waals surface area (Å²) >= 11 is 1.20. The zero-order chi connectivity index (χ0) is 30.0. The highest BCUT2D eigenvalue weighted by Gasteiger charge is 2.70. The number of fused-ring (bicyclic) bond motifs is 6. The molecule has 224 valence electrons. The first-order valence-electron chi connectivity index (χ1n) is 15.2. The molecule has 2 heterocycles. The second-order valence-corrected chi connectivity index (χ2v) is 14.1. The number of aliphatic hydroxyl groups is 1. The van der Waals surface area contributed by atoms with E-state index in [-0.39, 0.29) is 46.2 Å². The molecule has 1 N–H and O–H groups in total. The van der Waals surface area contributed by atoms with Crippen LogP contribution in [0, 0.1) is 28.6 Å². The summed E-state index contributed by atoms with van der Waals surface area (Å²) < 4.78 is 12.2. The van der Waals surface area contributed by atoms with E-state index < -0.39 is 23.1 Å². The van der Waals surface area contributed by atoms with Gasteiger partial charge in [0, 0.05) is 18.0 Å². The van der Waals surface area contributed by atoms with E-state index in [1.165, 1.54) is 18.0 Å². The van der Waals surface area contributed by atoms with Crippen LogP contribution >= 0.6 is 11.8 Å². The SMILES string of the molecule is CC12CCC(=O)C=C1CCC1C2[C@@H](O)CC2(C)C1CC[C@]2(OC(=O)c1ccccn1)C(=O)CSc1nc2ccccc2o1. The van der Waals surface area contributed by atoms with Gasteiger partial charge in [0.15, 0.2) is 22.8 Å². The Hall–Kier alpha value is -3.30. The van der Waals surface area contributed by atoms with Gasteiger partial charge in [0.2, 0.25) is 0 Å². The van der Waals surface area contributed by atoms with Gasteiger partial charge in [-0.05, 0) is 92.0 Å². The Bertz CT molecular complexity index is 1600. The number of esters is 1. The van der Waals surface area contributed by atoms with Crippen LogP contribution < -0.4 is 0 Å². The fourth-order valence-electron chi connectivity index (χ4n) is 9.21. The molecule has 0 radical (unpaired) electrons. The van der Waals surface area contributed by atoms with Crippen LogP contribution in [0.3, 0.4) is 0 Å².